The maximum Gasteiger partial charge on any atom is 0.0492 e. The number of benzene rings is 1. The molecule has 2 heterocycles. The molecular weight excluding hydrogens is 234 g/mol. The second-order valence-corrected chi connectivity index (χ2v) is 5.64. The van der Waals surface area contributed by atoms with Gasteiger partial charge >= 0.3 is 0 Å². The van der Waals surface area contributed by atoms with E-state index in [0.717, 1.165) is 19.5 Å². The number of nitrogens with one attached hydrogen (secondary N) is 1. The highest BCUT2D eigenvalue weighted by molar-refractivity contribution is 5.36. The molecule has 1 N–H and O–H groups in total. The van der Waals surface area contributed by atoms with Crippen LogP contribution in [0.25, 0.3) is 0 Å². The molecule has 1 aromatic carbocycles. The first-order valence-electron chi connectivity index (χ1n) is 6.95. The van der Waals surface area contributed by atoms with E-state index in [-0.39, 0.29) is 0 Å². The largest absolute Gasteiger partial charge is 0.315 e. The molecule has 3 heteroatoms. The maximum atomic E-state index is 4.25. The van der Waals surface area contributed by atoms with Crippen LogP contribution in [0.1, 0.15) is 23.2 Å². The summed E-state index contributed by atoms with van der Waals surface area (Å²) in [5, 5.41) is 7.70. The molecule has 1 aliphatic heterocycles. The quantitative estimate of drug-likeness (QED) is 0.907. The predicted molar refractivity (Wildman–Crippen MR) is 77.3 cm³/mol. The van der Waals surface area contributed by atoms with E-state index in [0.29, 0.717) is 5.41 Å². The molecule has 0 aliphatic carbocycles. The van der Waals surface area contributed by atoms with E-state index in [1.807, 2.05) is 17.9 Å². The van der Waals surface area contributed by atoms with Gasteiger partial charge in [-0.05, 0) is 37.0 Å². The molecule has 0 radical (unpaired) electrons. The Hall–Kier alpha value is -1.61. The lowest BCUT2D eigenvalue weighted by atomic mass is 9.70. The third-order valence-corrected chi connectivity index (χ3v) is 4.43. The Kier molecular flexibility index (Phi) is 3.15. The molecule has 0 amide bonds. The van der Waals surface area contributed by atoms with E-state index in [2.05, 4.69) is 47.7 Å². The minimum absolute atomic E-state index is 0.315. The molecule has 3 rings (SSSR count). The molecule has 1 fully saturated rings. The number of aryl methyl sites for hydroxylation is 3. The van der Waals surface area contributed by atoms with Gasteiger partial charge in [-0.1, -0.05) is 24.3 Å². The number of rotatable bonds is 4. The first-order chi connectivity index (χ1) is 9.21. The minimum Gasteiger partial charge on any atom is -0.315 e. The molecule has 19 heavy (non-hydrogen) atoms. The molecule has 1 aliphatic rings. The summed E-state index contributed by atoms with van der Waals surface area (Å²) in [5.74, 6) is 0. The zero-order valence-electron chi connectivity index (χ0n) is 11.7. The lowest BCUT2D eigenvalue weighted by Crippen LogP contribution is -2.57. The van der Waals surface area contributed by atoms with E-state index in [1.165, 1.54) is 23.2 Å². The summed E-state index contributed by atoms with van der Waals surface area (Å²) in [5.41, 5.74) is 4.56. The van der Waals surface area contributed by atoms with Crippen molar-refractivity contribution in [2.75, 3.05) is 13.1 Å². The summed E-state index contributed by atoms with van der Waals surface area (Å²) in [6, 6.07) is 10.9. The van der Waals surface area contributed by atoms with Crippen molar-refractivity contribution in [1.29, 1.82) is 0 Å². The van der Waals surface area contributed by atoms with E-state index >= 15 is 0 Å². The fraction of sp³-hybridized carbons (Fsp3) is 0.438. The van der Waals surface area contributed by atoms with Gasteiger partial charge in [-0.15, -0.1) is 0 Å². The first kappa shape index (κ1) is 12.4. The second kappa shape index (κ2) is 4.82. The highest BCUT2D eigenvalue weighted by Gasteiger charge is 2.39. The van der Waals surface area contributed by atoms with Crippen molar-refractivity contribution in [2.24, 2.45) is 7.05 Å². The van der Waals surface area contributed by atoms with Crippen LogP contribution in [0.2, 0.25) is 0 Å². The lowest BCUT2D eigenvalue weighted by molar-refractivity contribution is 0.255. The Morgan fingerprint density at radius 3 is 2.63 bits per heavy atom. The number of aromatic nitrogens is 2. The summed E-state index contributed by atoms with van der Waals surface area (Å²) in [6.45, 7) is 4.41. The Labute approximate surface area is 114 Å². The van der Waals surface area contributed by atoms with Crippen LogP contribution in [0.4, 0.5) is 0 Å². The maximum absolute atomic E-state index is 4.25. The van der Waals surface area contributed by atoms with Crippen molar-refractivity contribution in [3.05, 3.63) is 53.3 Å². The molecule has 3 nitrogen and oxygen atoms in total. The van der Waals surface area contributed by atoms with Crippen LogP contribution >= 0.6 is 0 Å². The molecule has 2 aromatic rings. The molecule has 0 unspecified atom stereocenters. The zero-order chi connectivity index (χ0) is 13.3. The Morgan fingerprint density at radius 2 is 2.05 bits per heavy atom. The summed E-state index contributed by atoms with van der Waals surface area (Å²) in [4.78, 5) is 0. The molecule has 1 saturated heterocycles. The summed E-state index contributed by atoms with van der Waals surface area (Å²) < 4.78 is 1.98. The minimum atomic E-state index is 0.315. The first-order valence-corrected chi connectivity index (χ1v) is 6.95. The average Bonchev–Trinajstić information content (AvgIpc) is 2.76. The van der Waals surface area contributed by atoms with E-state index in [9.17, 15) is 0 Å². The SMILES string of the molecule is Cc1ccccc1C1(CCc2ccnn2C)CNC1. The average molecular weight is 255 g/mol. The molecule has 0 bridgehead atoms. The van der Waals surface area contributed by atoms with Crippen LogP contribution in [0.5, 0.6) is 0 Å². The number of hydrogen-bond donors (Lipinski definition) is 1. The van der Waals surface area contributed by atoms with Gasteiger partial charge in [-0.2, -0.15) is 5.10 Å². The smallest absolute Gasteiger partial charge is 0.0492 e. The predicted octanol–water partition coefficient (Wildman–Crippen LogP) is 2.20. The van der Waals surface area contributed by atoms with Crippen molar-refractivity contribution in [3.63, 3.8) is 0 Å². The van der Waals surface area contributed by atoms with Gasteiger partial charge in [0.15, 0.2) is 0 Å². The molecule has 100 valence electrons. The highest BCUT2D eigenvalue weighted by atomic mass is 15.2. The van der Waals surface area contributed by atoms with Crippen LogP contribution in [-0.4, -0.2) is 22.9 Å². The molecular formula is C16H21N3. The zero-order valence-corrected chi connectivity index (χ0v) is 11.7. The normalized spacial score (nSPS) is 17.2. The fourth-order valence-electron chi connectivity index (χ4n) is 3.11. The van der Waals surface area contributed by atoms with Crippen LogP contribution in [0, 0.1) is 6.92 Å². The Morgan fingerprint density at radius 1 is 1.26 bits per heavy atom. The van der Waals surface area contributed by atoms with Gasteiger partial charge < -0.3 is 5.32 Å². The van der Waals surface area contributed by atoms with Gasteiger partial charge in [0.2, 0.25) is 0 Å². The van der Waals surface area contributed by atoms with Gasteiger partial charge in [-0.3, -0.25) is 4.68 Å². The molecule has 0 atom stereocenters. The van der Waals surface area contributed by atoms with Crippen molar-refractivity contribution in [3.8, 4) is 0 Å². The van der Waals surface area contributed by atoms with E-state index in [1.54, 1.807) is 0 Å². The van der Waals surface area contributed by atoms with Gasteiger partial charge in [-0.25, -0.2) is 0 Å². The van der Waals surface area contributed by atoms with Gasteiger partial charge in [0, 0.05) is 37.4 Å². The van der Waals surface area contributed by atoms with Crippen LogP contribution in [0.15, 0.2) is 36.5 Å². The summed E-state index contributed by atoms with van der Waals surface area (Å²) in [7, 11) is 2.02. The second-order valence-electron chi connectivity index (χ2n) is 5.64. The summed E-state index contributed by atoms with van der Waals surface area (Å²) in [6.07, 6.45) is 4.16. The van der Waals surface area contributed by atoms with Crippen LogP contribution in [-0.2, 0) is 18.9 Å². The van der Waals surface area contributed by atoms with Gasteiger partial charge in [0.1, 0.15) is 0 Å². The third kappa shape index (κ3) is 2.19. The summed E-state index contributed by atoms with van der Waals surface area (Å²) >= 11 is 0. The van der Waals surface area contributed by atoms with E-state index in [4.69, 9.17) is 0 Å². The molecule has 0 spiro atoms. The topological polar surface area (TPSA) is 29.9 Å². The van der Waals surface area contributed by atoms with Gasteiger partial charge in [0.05, 0.1) is 0 Å². The molecule has 0 saturated carbocycles. The van der Waals surface area contributed by atoms with E-state index < -0.39 is 0 Å². The number of nitrogens with zero attached hydrogens (tertiary/aromatic N) is 2. The third-order valence-electron chi connectivity index (χ3n) is 4.43. The van der Waals surface area contributed by atoms with Crippen molar-refractivity contribution >= 4 is 0 Å². The highest BCUT2D eigenvalue weighted by Crippen LogP contribution is 2.35. The number of hydrogen-bond acceptors (Lipinski definition) is 2. The van der Waals surface area contributed by atoms with Crippen molar-refractivity contribution < 1.29 is 0 Å². The fourth-order valence-corrected chi connectivity index (χ4v) is 3.11. The van der Waals surface area contributed by atoms with Gasteiger partial charge in [0.25, 0.3) is 0 Å². The van der Waals surface area contributed by atoms with Crippen LogP contribution in [0.3, 0.4) is 0 Å². The van der Waals surface area contributed by atoms with Crippen LogP contribution < -0.4 is 5.32 Å². The van der Waals surface area contributed by atoms with Crippen molar-refractivity contribution in [2.45, 2.75) is 25.2 Å². The Bertz CT molecular complexity index is 567. The monoisotopic (exact) mass is 255 g/mol. The Balaban J connectivity index is 1.81. The standard InChI is InChI=1S/C16H21N3/c1-13-5-3-4-6-15(13)16(11-17-12-16)9-7-14-8-10-18-19(14)2/h3-6,8,10,17H,7,9,11-12H2,1-2H3. The van der Waals surface area contributed by atoms with Crippen molar-refractivity contribution in [1.82, 2.24) is 15.1 Å². The molecule has 1 aromatic heterocycles. The lowest BCUT2D eigenvalue weighted by Gasteiger charge is -2.44.